The largest absolute Gasteiger partial charge is 3.00 e. The van der Waals surface area contributed by atoms with Gasteiger partial charge in [0.15, 0.2) is 0 Å². The molecule has 0 unspecified atom stereocenters. The Labute approximate surface area is 70.7 Å². The Bertz CT molecular complexity index is 4.85. The van der Waals surface area contributed by atoms with Gasteiger partial charge in [0, 0.05) is 0 Å². The molecule has 43 valence electrons. The van der Waals surface area contributed by atoms with Gasteiger partial charge in [0.1, 0.15) is 0 Å². The van der Waals surface area contributed by atoms with E-state index in [9.17, 15) is 0 Å². The molecule has 0 aromatic rings. The van der Waals surface area contributed by atoms with Crippen LogP contribution in [0.25, 0.3) is 0 Å². The minimum Gasteiger partial charge on any atom is -3.00 e. The van der Waals surface area contributed by atoms with Gasteiger partial charge in [-0.3, -0.25) is 0 Å². The summed E-state index contributed by atoms with van der Waals surface area (Å²) in [7, 11) is 0. The van der Waals surface area contributed by atoms with Gasteiger partial charge in [-0.2, -0.15) is 0 Å². The molecule has 0 spiro atoms. The molecule has 5 heavy (non-hydrogen) atoms. The summed E-state index contributed by atoms with van der Waals surface area (Å²) < 4.78 is 0. The summed E-state index contributed by atoms with van der Waals surface area (Å²) in [6.45, 7) is 0. The van der Waals surface area contributed by atoms with Gasteiger partial charge in [-0.15, -0.1) is 0 Å². The molecule has 0 fully saturated rings. The third-order valence-corrected chi connectivity index (χ3v) is 0. The first kappa shape index (κ1) is 52.3. The molecule has 0 aromatic carbocycles. The van der Waals surface area contributed by atoms with E-state index in [1.165, 1.54) is 0 Å². The minimum absolute atomic E-state index is 0. The zero-order valence-electron chi connectivity index (χ0n) is 1.80. The Kier molecular flexibility index (Phi) is 337. The van der Waals surface area contributed by atoms with Crippen molar-refractivity contribution < 1.29 is 51.2 Å². The van der Waals surface area contributed by atoms with Crippen LogP contribution in [0.2, 0.25) is 0 Å². The summed E-state index contributed by atoms with van der Waals surface area (Å²) in [4.78, 5) is 0. The van der Waals surface area contributed by atoms with Crippen LogP contribution in [-0.2, 0) is 51.2 Å². The van der Waals surface area contributed by atoms with Crippen molar-refractivity contribution >= 4 is 19.8 Å². The molecule has 0 rings (SSSR count). The van der Waals surface area contributed by atoms with Crippen molar-refractivity contribution in [2.24, 2.45) is 0 Å². The first-order chi connectivity index (χ1) is 0. The summed E-state index contributed by atoms with van der Waals surface area (Å²) in [6, 6.07) is 0. The second-order valence-electron chi connectivity index (χ2n) is 0. The fraction of sp³-hybridized carbons (Fsp3) is 0. The zero-order valence-corrected chi connectivity index (χ0v) is 6.41. The fourth-order valence-corrected chi connectivity index (χ4v) is 0. The monoisotopic (exact) mass is 251 g/mol. The van der Waals surface area contributed by atoms with Crippen molar-refractivity contribution in [3.63, 3.8) is 0 Å². The molecule has 0 aromatic heterocycles. The average molecular weight is 253 g/mol. The van der Waals surface area contributed by atoms with E-state index in [0.29, 0.717) is 0 Å². The first-order valence-electron chi connectivity index (χ1n) is 0. The van der Waals surface area contributed by atoms with Crippen LogP contribution in [0.15, 0.2) is 0 Å². The van der Waals surface area contributed by atoms with Crippen LogP contribution in [0.3, 0.4) is 0 Å². The molecule has 0 saturated heterocycles. The molecule has 0 aliphatic rings. The number of rotatable bonds is 0. The van der Waals surface area contributed by atoms with E-state index in [-0.39, 0.29) is 71.0 Å². The zero-order chi connectivity index (χ0) is 0. The van der Waals surface area contributed by atoms with Crippen LogP contribution in [0.4, 0.5) is 0 Å². The summed E-state index contributed by atoms with van der Waals surface area (Å²) in [6.07, 6.45) is 0. The molecule has 0 heterocycles. The molecule has 0 atom stereocenters. The predicted molar refractivity (Wildman–Crippen MR) is 13.8 cm³/mol. The van der Waals surface area contributed by atoms with Crippen molar-refractivity contribution in [2.45, 2.75) is 0 Å². The third-order valence-electron chi connectivity index (χ3n) is 0. The van der Waals surface area contributed by atoms with Crippen molar-refractivity contribution in [1.29, 1.82) is 0 Å². The van der Waals surface area contributed by atoms with Crippen LogP contribution in [0.1, 0.15) is 0 Å². The molecule has 0 saturated carbocycles. The van der Waals surface area contributed by atoms with Gasteiger partial charge in [0.25, 0.3) is 0 Å². The summed E-state index contributed by atoms with van der Waals surface area (Å²) in [5, 5.41) is 0. The number of hydrogen-bond acceptors (Lipinski definition) is 0. The van der Waals surface area contributed by atoms with Crippen LogP contribution < -0.4 is 0 Å². The van der Waals surface area contributed by atoms with Gasteiger partial charge in [0.05, 0.1) is 0 Å². The topological polar surface area (TPSA) is 0 Å². The Morgan fingerprint density at radius 1 is 0.400 bits per heavy atom. The smallest absolute Gasteiger partial charge is 2.00 e. The van der Waals surface area contributed by atoms with Gasteiger partial charge < -0.3 is 19.8 Å². The maximum Gasteiger partial charge on any atom is 2.00 e. The molecule has 0 N–H and O–H groups in total. The van der Waals surface area contributed by atoms with E-state index < -0.39 is 0 Å². The van der Waals surface area contributed by atoms with E-state index in [2.05, 4.69) is 0 Å². The van der Waals surface area contributed by atoms with Crippen molar-refractivity contribution in [2.75, 3.05) is 0 Å². The van der Waals surface area contributed by atoms with Crippen molar-refractivity contribution in [3.05, 3.63) is 0 Å². The average Bonchev–Trinajstić information content (AvgIpc) is 0. The van der Waals surface area contributed by atoms with E-state index in [1.807, 2.05) is 0 Å². The standard InChI is InChI=1S/3Cu.2P/q3*+2;2*-3. The fourth-order valence-electron chi connectivity index (χ4n) is 0. The maximum absolute atomic E-state index is 0. The molecule has 0 nitrogen and oxygen atoms in total. The van der Waals surface area contributed by atoms with Crippen LogP contribution >= 0.6 is 19.8 Å². The Morgan fingerprint density at radius 3 is 0.400 bits per heavy atom. The Balaban J connectivity index is 0. The molecular formula is Cu3P2. The summed E-state index contributed by atoms with van der Waals surface area (Å²) in [5.41, 5.74) is 0. The van der Waals surface area contributed by atoms with Gasteiger partial charge >= 0.3 is 51.2 Å². The van der Waals surface area contributed by atoms with Crippen molar-refractivity contribution in [3.8, 4) is 0 Å². The third kappa shape index (κ3) is 21.4. The maximum atomic E-state index is 0. The van der Waals surface area contributed by atoms with Gasteiger partial charge in [0.2, 0.25) is 0 Å². The second kappa shape index (κ2) is 32.2. The van der Waals surface area contributed by atoms with Crippen molar-refractivity contribution in [1.82, 2.24) is 0 Å². The molecule has 0 amide bonds. The van der Waals surface area contributed by atoms with Gasteiger partial charge in [-0.05, 0) is 0 Å². The van der Waals surface area contributed by atoms with Crippen LogP contribution in [0.5, 0.6) is 0 Å². The van der Waals surface area contributed by atoms with Gasteiger partial charge in [-0.1, -0.05) is 0 Å². The molecule has 5 heteroatoms. The Hall–Kier alpha value is 2.42. The SMILES string of the molecule is [Cu+2].[Cu+2].[Cu+2].[P-3].[P-3]. The van der Waals surface area contributed by atoms with E-state index in [1.54, 1.807) is 0 Å². The molecule has 0 bridgehead atoms. The normalized spacial score (nSPS) is 0. The minimum atomic E-state index is 0. The van der Waals surface area contributed by atoms with Crippen LogP contribution in [-0.4, -0.2) is 0 Å². The van der Waals surface area contributed by atoms with Crippen LogP contribution in [0, 0.1) is 0 Å². The molecule has 3 radical (unpaired) electrons. The number of hydrogen-bond donors (Lipinski definition) is 0. The summed E-state index contributed by atoms with van der Waals surface area (Å²) >= 11 is 0. The van der Waals surface area contributed by atoms with Gasteiger partial charge in [-0.25, -0.2) is 0 Å². The molecular weight excluding hydrogens is 253 g/mol. The second-order valence-corrected chi connectivity index (χ2v) is 0. The van der Waals surface area contributed by atoms with E-state index in [4.69, 9.17) is 0 Å². The Morgan fingerprint density at radius 2 is 0.400 bits per heavy atom. The van der Waals surface area contributed by atoms with E-state index in [0.717, 1.165) is 0 Å². The molecule has 0 aliphatic heterocycles. The predicted octanol–water partition coefficient (Wildman–Crippen LogP) is 1.71. The molecule has 0 aliphatic carbocycles. The van der Waals surface area contributed by atoms with E-state index >= 15 is 0 Å². The first-order valence-corrected chi connectivity index (χ1v) is 0. The summed E-state index contributed by atoms with van der Waals surface area (Å²) in [5.74, 6) is 0. The quantitative estimate of drug-likeness (QED) is 0.455.